The Hall–Kier alpha value is -0.280. The normalized spacial score (nSPS) is 12.6. The number of hydrogen-bond acceptors (Lipinski definition) is 2. The van der Waals surface area contributed by atoms with Crippen molar-refractivity contribution in [2.45, 2.75) is 0 Å². The van der Waals surface area contributed by atoms with Gasteiger partial charge in [-0.15, -0.1) is 0 Å². The highest BCUT2D eigenvalue weighted by Gasteiger charge is 1.77. The van der Waals surface area contributed by atoms with E-state index in [0.717, 1.165) is 4.48 Å². The van der Waals surface area contributed by atoms with Gasteiger partial charge in [0.2, 0.25) is 0 Å². The van der Waals surface area contributed by atoms with E-state index in [9.17, 15) is 0 Å². The van der Waals surface area contributed by atoms with Gasteiger partial charge in [-0.25, -0.2) is 0 Å². The maximum absolute atomic E-state index is 5.22. The molecular weight excluding hydrogens is 180 g/mol. The van der Waals surface area contributed by atoms with Crippen LogP contribution in [0.2, 0.25) is 0 Å². The highest BCUT2D eigenvalue weighted by atomic mass is 79.9. The molecular formula is C6H11BrN2. The fraction of sp³-hybridized carbons (Fsp3) is 0.333. The lowest BCUT2D eigenvalue weighted by molar-refractivity contribution is 1.10. The average molecular weight is 191 g/mol. The Bertz CT molecular complexity index is 118. The first-order valence-electron chi connectivity index (χ1n) is 2.70. The highest BCUT2D eigenvalue weighted by Crippen LogP contribution is 2.03. The minimum absolute atomic E-state index is 0.576. The molecule has 0 aliphatic heterocycles. The van der Waals surface area contributed by atoms with Gasteiger partial charge >= 0.3 is 0 Å². The highest BCUT2D eigenvalue weighted by molar-refractivity contribution is 9.11. The monoisotopic (exact) mass is 190 g/mol. The molecule has 0 fully saturated rings. The minimum Gasteiger partial charge on any atom is -0.393 e. The number of nitrogens with two attached hydrogens (primary N) is 1. The Kier molecular flexibility index (Phi) is 5.67. The standard InChI is InChI=1S/C6H11BrN2/c1-9-5-6(7)3-2-4-8/h2-3,5,9H,4,8H2,1H3/b3-2-,6-5+. The molecule has 0 heterocycles. The number of hydrogen-bond donors (Lipinski definition) is 2. The molecule has 52 valence electrons. The Morgan fingerprint density at radius 2 is 2.44 bits per heavy atom. The first-order chi connectivity index (χ1) is 4.31. The van der Waals surface area contributed by atoms with Gasteiger partial charge in [0.15, 0.2) is 0 Å². The molecule has 3 N–H and O–H groups in total. The molecule has 0 spiro atoms. The first kappa shape index (κ1) is 8.72. The lowest BCUT2D eigenvalue weighted by atomic mass is 10.5. The van der Waals surface area contributed by atoms with E-state index >= 15 is 0 Å². The topological polar surface area (TPSA) is 38.0 Å². The minimum atomic E-state index is 0.576. The molecule has 0 radical (unpaired) electrons. The largest absolute Gasteiger partial charge is 0.393 e. The van der Waals surface area contributed by atoms with E-state index in [1.165, 1.54) is 0 Å². The summed E-state index contributed by atoms with van der Waals surface area (Å²) < 4.78 is 0.996. The van der Waals surface area contributed by atoms with Crippen molar-refractivity contribution < 1.29 is 0 Å². The zero-order chi connectivity index (χ0) is 7.11. The van der Waals surface area contributed by atoms with E-state index in [-0.39, 0.29) is 0 Å². The number of halogens is 1. The van der Waals surface area contributed by atoms with E-state index in [1.54, 1.807) is 0 Å². The van der Waals surface area contributed by atoms with Crippen molar-refractivity contribution in [2.75, 3.05) is 13.6 Å². The van der Waals surface area contributed by atoms with Crippen molar-refractivity contribution in [2.24, 2.45) is 5.73 Å². The quantitative estimate of drug-likeness (QED) is 0.652. The van der Waals surface area contributed by atoms with Crippen molar-refractivity contribution in [1.82, 2.24) is 5.32 Å². The Morgan fingerprint density at radius 3 is 2.89 bits per heavy atom. The summed E-state index contributed by atoms with van der Waals surface area (Å²) in [7, 11) is 1.84. The van der Waals surface area contributed by atoms with E-state index in [4.69, 9.17) is 5.73 Å². The molecule has 0 aromatic heterocycles. The third-order valence-corrected chi connectivity index (χ3v) is 1.19. The van der Waals surface area contributed by atoms with E-state index in [2.05, 4.69) is 21.2 Å². The van der Waals surface area contributed by atoms with Crippen LogP contribution in [-0.4, -0.2) is 13.6 Å². The van der Waals surface area contributed by atoms with Crippen LogP contribution in [0.4, 0.5) is 0 Å². The Balaban J connectivity index is 3.60. The van der Waals surface area contributed by atoms with Crippen molar-refractivity contribution in [3.05, 3.63) is 22.8 Å². The predicted octanol–water partition coefficient (Wildman–Crippen LogP) is 0.957. The predicted molar refractivity (Wildman–Crippen MR) is 44.3 cm³/mol. The van der Waals surface area contributed by atoms with Gasteiger partial charge in [0.25, 0.3) is 0 Å². The molecule has 0 atom stereocenters. The van der Waals surface area contributed by atoms with Crippen LogP contribution >= 0.6 is 15.9 Å². The summed E-state index contributed by atoms with van der Waals surface area (Å²) in [6.45, 7) is 0.576. The zero-order valence-corrected chi connectivity index (χ0v) is 6.98. The average Bonchev–Trinajstić information content (AvgIpc) is 1.85. The molecule has 0 saturated heterocycles. The maximum Gasteiger partial charge on any atom is 0.0329 e. The Morgan fingerprint density at radius 1 is 1.78 bits per heavy atom. The van der Waals surface area contributed by atoms with Crippen molar-refractivity contribution >= 4 is 15.9 Å². The third kappa shape index (κ3) is 5.59. The van der Waals surface area contributed by atoms with Crippen molar-refractivity contribution in [3.8, 4) is 0 Å². The molecule has 0 unspecified atom stereocenters. The lowest BCUT2D eigenvalue weighted by Crippen LogP contribution is -1.94. The number of allylic oxidation sites excluding steroid dienone is 2. The van der Waals surface area contributed by atoms with Crippen LogP contribution < -0.4 is 11.1 Å². The van der Waals surface area contributed by atoms with Gasteiger partial charge in [-0.2, -0.15) is 0 Å². The molecule has 0 bridgehead atoms. The second kappa shape index (κ2) is 5.85. The zero-order valence-electron chi connectivity index (χ0n) is 5.39. The first-order valence-corrected chi connectivity index (χ1v) is 3.50. The second-order valence-electron chi connectivity index (χ2n) is 1.46. The second-order valence-corrected chi connectivity index (χ2v) is 2.37. The van der Waals surface area contributed by atoms with Crippen molar-refractivity contribution in [1.29, 1.82) is 0 Å². The molecule has 0 rings (SSSR count). The maximum atomic E-state index is 5.22. The van der Waals surface area contributed by atoms with E-state index < -0.39 is 0 Å². The number of nitrogens with one attached hydrogen (secondary N) is 1. The van der Waals surface area contributed by atoms with Gasteiger partial charge in [-0.05, 0) is 22.0 Å². The third-order valence-electron chi connectivity index (χ3n) is 0.695. The molecule has 0 aromatic carbocycles. The Labute approximate surface area is 63.9 Å². The lowest BCUT2D eigenvalue weighted by Gasteiger charge is -1.87. The van der Waals surface area contributed by atoms with E-state index in [0.29, 0.717) is 6.54 Å². The molecule has 0 saturated carbocycles. The van der Waals surface area contributed by atoms with Crippen LogP contribution in [0.1, 0.15) is 0 Å². The van der Waals surface area contributed by atoms with Crippen LogP contribution in [0.15, 0.2) is 22.8 Å². The summed E-state index contributed by atoms with van der Waals surface area (Å²) >= 11 is 3.30. The molecule has 0 aliphatic rings. The van der Waals surface area contributed by atoms with Crippen LogP contribution in [-0.2, 0) is 0 Å². The van der Waals surface area contributed by atoms with Gasteiger partial charge in [0.05, 0.1) is 0 Å². The summed E-state index contributed by atoms with van der Waals surface area (Å²) in [6, 6.07) is 0. The van der Waals surface area contributed by atoms with Crippen LogP contribution in [0.25, 0.3) is 0 Å². The molecule has 2 nitrogen and oxygen atoms in total. The van der Waals surface area contributed by atoms with Gasteiger partial charge < -0.3 is 11.1 Å². The van der Waals surface area contributed by atoms with Gasteiger partial charge in [0.1, 0.15) is 0 Å². The van der Waals surface area contributed by atoms with Crippen LogP contribution in [0, 0.1) is 0 Å². The SMILES string of the molecule is CN/C=C(Br)\C=C/CN. The summed E-state index contributed by atoms with van der Waals surface area (Å²) in [4.78, 5) is 0. The smallest absolute Gasteiger partial charge is 0.0329 e. The fourth-order valence-electron chi connectivity index (χ4n) is 0.367. The molecule has 9 heavy (non-hydrogen) atoms. The molecule has 0 aliphatic carbocycles. The summed E-state index contributed by atoms with van der Waals surface area (Å²) in [6.07, 6.45) is 5.61. The van der Waals surface area contributed by atoms with Crippen LogP contribution in [0.3, 0.4) is 0 Å². The van der Waals surface area contributed by atoms with E-state index in [1.807, 2.05) is 25.4 Å². The summed E-state index contributed by atoms with van der Waals surface area (Å²) in [5.41, 5.74) is 5.22. The van der Waals surface area contributed by atoms with Gasteiger partial charge in [-0.1, -0.05) is 6.08 Å². The summed E-state index contributed by atoms with van der Waals surface area (Å²) in [5.74, 6) is 0. The van der Waals surface area contributed by atoms with Crippen molar-refractivity contribution in [3.63, 3.8) is 0 Å². The van der Waals surface area contributed by atoms with Gasteiger partial charge in [-0.3, -0.25) is 0 Å². The molecule has 0 aromatic rings. The fourth-order valence-corrected chi connectivity index (χ4v) is 0.782. The molecule has 3 heteroatoms. The summed E-state index contributed by atoms with van der Waals surface area (Å²) in [5, 5.41) is 2.88. The van der Waals surface area contributed by atoms with Crippen LogP contribution in [0.5, 0.6) is 0 Å². The molecule has 0 amide bonds. The van der Waals surface area contributed by atoms with Gasteiger partial charge in [0, 0.05) is 24.3 Å². The number of rotatable bonds is 3.